The van der Waals surface area contributed by atoms with Crippen molar-refractivity contribution in [3.63, 3.8) is 0 Å². The van der Waals surface area contributed by atoms with E-state index in [2.05, 4.69) is 61.8 Å². The SMILES string of the molecule is CC1C2NC3=CC4=C(CC3C2CCc2ccccc2)CC1(C)/C=N\CC4. The standard InChI is InChI=1S/C24H30N2/c1-16-23-20(9-8-17-6-4-3-5-7-17)21-12-19-14-24(16,2)15-25-11-10-18(19)13-22(21)26-23/h3-7,13,15-16,20-21,23,26H,8-12,14H2,1-2H3/b25-15-. The molecule has 136 valence electrons. The van der Waals surface area contributed by atoms with Gasteiger partial charge in [-0.3, -0.25) is 4.99 Å². The Bertz CT molecular complexity index is 788. The number of nitrogens with one attached hydrogen (secondary N) is 1. The minimum absolute atomic E-state index is 0.183. The Balaban J connectivity index is 1.50. The van der Waals surface area contributed by atoms with Gasteiger partial charge in [-0.15, -0.1) is 0 Å². The van der Waals surface area contributed by atoms with Crippen molar-refractivity contribution in [3.8, 4) is 0 Å². The quantitative estimate of drug-likeness (QED) is 0.824. The molecule has 4 aliphatic rings. The van der Waals surface area contributed by atoms with Crippen LogP contribution in [-0.4, -0.2) is 18.8 Å². The first-order chi connectivity index (χ1) is 12.6. The van der Waals surface area contributed by atoms with Gasteiger partial charge in [-0.1, -0.05) is 49.8 Å². The third kappa shape index (κ3) is 2.57. The van der Waals surface area contributed by atoms with Crippen LogP contribution in [0.2, 0.25) is 0 Å². The molecule has 5 rings (SSSR count). The molecule has 2 heteroatoms. The Labute approximate surface area is 157 Å². The summed E-state index contributed by atoms with van der Waals surface area (Å²) in [5.74, 6) is 2.06. The van der Waals surface area contributed by atoms with Gasteiger partial charge >= 0.3 is 0 Å². The highest BCUT2D eigenvalue weighted by Crippen LogP contribution is 2.53. The van der Waals surface area contributed by atoms with E-state index in [0.717, 1.165) is 18.9 Å². The van der Waals surface area contributed by atoms with Crippen molar-refractivity contribution in [2.75, 3.05) is 6.54 Å². The molecule has 2 aliphatic heterocycles. The molecule has 0 amide bonds. The van der Waals surface area contributed by atoms with Gasteiger partial charge in [-0.05, 0) is 61.2 Å². The third-order valence-electron chi connectivity index (χ3n) is 7.64. The summed E-state index contributed by atoms with van der Waals surface area (Å²) in [6, 6.07) is 11.6. The molecule has 2 heterocycles. The average Bonchev–Trinajstić information content (AvgIpc) is 3.00. The highest BCUT2D eigenvalue weighted by Gasteiger charge is 2.50. The largest absolute Gasteiger partial charge is 0.385 e. The van der Waals surface area contributed by atoms with Gasteiger partial charge in [0.15, 0.2) is 0 Å². The molecule has 0 spiro atoms. The van der Waals surface area contributed by atoms with Crippen LogP contribution in [0.15, 0.2) is 58.2 Å². The van der Waals surface area contributed by atoms with Crippen molar-refractivity contribution in [3.05, 3.63) is 58.8 Å². The summed E-state index contributed by atoms with van der Waals surface area (Å²) in [5.41, 5.74) is 6.51. The number of benzene rings is 1. The van der Waals surface area contributed by atoms with E-state index < -0.39 is 0 Å². The van der Waals surface area contributed by atoms with Gasteiger partial charge < -0.3 is 5.32 Å². The summed E-state index contributed by atoms with van der Waals surface area (Å²) < 4.78 is 0. The maximum Gasteiger partial charge on any atom is 0.0426 e. The summed E-state index contributed by atoms with van der Waals surface area (Å²) in [7, 11) is 0. The molecule has 1 saturated heterocycles. The van der Waals surface area contributed by atoms with Crippen LogP contribution >= 0.6 is 0 Å². The normalized spacial score (nSPS) is 38.9. The van der Waals surface area contributed by atoms with E-state index in [-0.39, 0.29) is 5.41 Å². The summed E-state index contributed by atoms with van der Waals surface area (Å²) >= 11 is 0. The van der Waals surface area contributed by atoms with Crippen LogP contribution in [0, 0.1) is 23.2 Å². The van der Waals surface area contributed by atoms with E-state index in [9.17, 15) is 0 Å². The molecule has 5 atom stereocenters. The molecule has 2 aliphatic carbocycles. The number of allylic oxidation sites excluding steroid dienone is 3. The number of nitrogens with zero attached hydrogens (tertiary/aromatic N) is 1. The lowest BCUT2D eigenvalue weighted by molar-refractivity contribution is 0.174. The minimum atomic E-state index is 0.183. The highest BCUT2D eigenvalue weighted by atomic mass is 15.0. The van der Waals surface area contributed by atoms with E-state index >= 15 is 0 Å². The Hall–Kier alpha value is -1.83. The van der Waals surface area contributed by atoms with Gasteiger partial charge in [-0.2, -0.15) is 0 Å². The average molecular weight is 347 g/mol. The monoisotopic (exact) mass is 346 g/mol. The maximum absolute atomic E-state index is 4.82. The second-order valence-corrected chi connectivity index (χ2v) is 9.15. The lowest BCUT2D eigenvalue weighted by atomic mass is 9.62. The molecule has 0 aromatic heterocycles. The van der Waals surface area contributed by atoms with Crippen LogP contribution in [0.1, 0.15) is 45.1 Å². The molecule has 1 saturated carbocycles. The van der Waals surface area contributed by atoms with Crippen molar-refractivity contribution < 1.29 is 0 Å². The smallest absolute Gasteiger partial charge is 0.0426 e. The minimum Gasteiger partial charge on any atom is -0.385 e. The van der Waals surface area contributed by atoms with E-state index in [0.29, 0.717) is 17.9 Å². The Morgan fingerprint density at radius 3 is 2.92 bits per heavy atom. The summed E-state index contributed by atoms with van der Waals surface area (Å²) in [4.78, 5) is 4.82. The van der Waals surface area contributed by atoms with Gasteiger partial charge in [0.25, 0.3) is 0 Å². The van der Waals surface area contributed by atoms with Gasteiger partial charge in [0, 0.05) is 35.8 Å². The van der Waals surface area contributed by atoms with Gasteiger partial charge in [-0.25, -0.2) is 0 Å². The topological polar surface area (TPSA) is 24.4 Å². The number of aliphatic imine (C=N–C) groups is 1. The molecule has 4 bridgehead atoms. The third-order valence-corrected chi connectivity index (χ3v) is 7.64. The highest BCUT2D eigenvalue weighted by molar-refractivity contribution is 5.68. The van der Waals surface area contributed by atoms with Crippen LogP contribution in [0.3, 0.4) is 0 Å². The first kappa shape index (κ1) is 16.4. The predicted octanol–water partition coefficient (Wildman–Crippen LogP) is 4.93. The van der Waals surface area contributed by atoms with Crippen molar-refractivity contribution in [1.29, 1.82) is 0 Å². The van der Waals surface area contributed by atoms with E-state index in [4.69, 9.17) is 4.99 Å². The molecule has 26 heavy (non-hydrogen) atoms. The lowest BCUT2D eigenvalue weighted by Gasteiger charge is -2.43. The molecule has 1 N–H and O–H groups in total. The fourth-order valence-electron chi connectivity index (χ4n) is 5.93. The van der Waals surface area contributed by atoms with Crippen molar-refractivity contribution >= 4 is 6.21 Å². The van der Waals surface area contributed by atoms with E-state index in [1.807, 2.05) is 0 Å². The van der Waals surface area contributed by atoms with Crippen LogP contribution in [0.25, 0.3) is 0 Å². The number of hydrogen-bond acceptors (Lipinski definition) is 2. The van der Waals surface area contributed by atoms with E-state index in [1.165, 1.54) is 36.9 Å². The molecular weight excluding hydrogens is 316 g/mol. The van der Waals surface area contributed by atoms with Gasteiger partial charge in [0.1, 0.15) is 0 Å². The summed E-state index contributed by atoms with van der Waals surface area (Å²) in [6.07, 6.45) is 10.9. The molecule has 1 aromatic carbocycles. The number of hydrogen-bond donors (Lipinski definition) is 1. The Morgan fingerprint density at radius 1 is 1.23 bits per heavy atom. The molecule has 1 aromatic rings. The predicted molar refractivity (Wildman–Crippen MR) is 108 cm³/mol. The van der Waals surface area contributed by atoms with Crippen molar-refractivity contribution in [2.24, 2.45) is 28.2 Å². The van der Waals surface area contributed by atoms with Crippen LogP contribution in [0.4, 0.5) is 0 Å². The number of fused-ring (bicyclic) bond motifs is 2. The van der Waals surface area contributed by atoms with E-state index in [1.54, 1.807) is 11.1 Å². The van der Waals surface area contributed by atoms with Crippen molar-refractivity contribution in [1.82, 2.24) is 5.32 Å². The summed E-state index contributed by atoms with van der Waals surface area (Å²) in [6.45, 7) is 5.87. The van der Waals surface area contributed by atoms with Crippen LogP contribution in [-0.2, 0) is 6.42 Å². The number of aryl methyl sites for hydroxylation is 1. The second-order valence-electron chi connectivity index (χ2n) is 9.15. The molecular formula is C24H30N2. The molecule has 2 fully saturated rings. The Morgan fingerprint density at radius 2 is 2.08 bits per heavy atom. The van der Waals surface area contributed by atoms with Crippen LogP contribution in [0.5, 0.6) is 0 Å². The molecule has 0 radical (unpaired) electrons. The fourth-order valence-corrected chi connectivity index (χ4v) is 5.93. The first-order valence-corrected chi connectivity index (χ1v) is 10.4. The van der Waals surface area contributed by atoms with Gasteiger partial charge in [0.05, 0.1) is 0 Å². The first-order valence-electron chi connectivity index (χ1n) is 10.4. The lowest BCUT2D eigenvalue weighted by Crippen LogP contribution is -2.45. The molecule has 2 nitrogen and oxygen atoms in total. The fraction of sp³-hybridized carbons (Fsp3) is 0.542. The van der Waals surface area contributed by atoms with Gasteiger partial charge in [0.2, 0.25) is 0 Å². The molecule has 5 unspecified atom stereocenters. The zero-order valence-corrected chi connectivity index (χ0v) is 16.0. The second kappa shape index (κ2) is 6.11. The van der Waals surface area contributed by atoms with Crippen molar-refractivity contribution in [2.45, 2.75) is 52.0 Å². The zero-order chi connectivity index (χ0) is 17.7. The Kier molecular flexibility index (Phi) is 3.84. The van der Waals surface area contributed by atoms with Crippen LogP contribution < -0.4 is 5.32 Å². The maximum atomic E-state index is 4.82. The summed E-state index contributed by atoms with van der Waals surface area (Å²) in [5, 5.41) is 4.00. The number of rotatable bonds is 3. The zero-order valence-electron chi connectivity index (χ0n) is 16.0.